The lowest BCUT2D eigenvalue weighted by Crippen LogP contribution is -2.02. The molecule has 1 heterocycles. The van der Waals surface area contributed by atoms with Gasteiger partial charge in [0.1, 0.15) is 17.3 Å². The summed E-state index contributed by atoms with van der Waals surface area (Å²) in [5, 5.41) is 17.5. The average molecular weight is 284 g/mol. The Balaban J connectivity index is 2.16. The summed E-state index contributed by atoms with van der Waals surface area (Å²) in [6.07, 6.45) is 0. The van der Waals surface area contributed by atoms with Crippen molar-refractivity contribution in [3.05, 3.63) is 60.0 Å². The number of nitrogens with zero attached hydrogens (tertiary/aromatic N) is 3. The number of hydrogen-bond donors (Lipinski definition) is 2. The van der Waals surface area contributed by atoms with E-state index in [1.54, 1.807) is 41.1 Å². The minimum Gasteiger partial charge on any atom is -0.508 e. The SMILES string of the molecule is NCc1nnn(-c2ccc(O)cc2)c1-c1ccc(F)cc1. The molecule has 106 valence electrons. The van der Waals surface area contributed by atoms with Gasteiger partial charge in [-0.05, 0) is 48.5 Å². The third kappa shape index (κ3) is 2.48. The first kappa shape index (κ1) is 13.3. The van der Waals surface area contributed by atoms with Gasteiger partial charge >= 0.3 is 0 Å². The van der Waals surface area contributed by atoms with E-state index < -0.39 is 0 Å². The van der Waals surface area contributed by atoms with E-state index in [0.717, 1.165) is 11.3 Å². The predicted molar refractivity (Wildman–Crippen MR) is 76.3 cm³/mol. The number of benzene rings is 2. The lowest BCUT2D eigenvalue weighted by molar-refractivity contribution is 0.475. The van der Waals surface area contributed by atoms with Crippen LogP contribution in [0.25, 0.3) is 16.9 Å². The third-order valence-corrected chi connectivity index (χ3v) is 3.15. The van der Waals surface area contributed by atoms with Crippen LogP contribution in [0.5, 0.6) is 5.75 Å². The maximum atomic E-state index is 13.1. The molecule has 0 fully saturated rings. The van der Waals surface area contributed by atoms with Crippen molar-refractivity contribution in [2.75, 3.05) is 0 Å². The lowest BCUT2D eigenvalue weighted by Gasteiger charge is -2.08. The molecule has 0 aliphatic heterocycles. The first-order valence-corrected chi connectivity index (χ1v) is 6.39. The van der Waals surface area contributed by atoms with Gasteiger partial charge in [0.2, 0.25) is 0 Å². The summed E-state index contributed by atoms with van der Waals surface area (Å²) in [5.74, 6) is -0.141. The van der Waals surface area contributed by atoms with Crippen LogP contribution in [-0.4, -0.2) is 20.1 Å². The van der Waals surface area contributed by atoms with Crippen molar-refractivity contribution in [1.29, 1.82) is 0 Å². The summed E-state index contributed by atoms with van der Waals surface area (Å²) in [5.41, 5.74) is 8.54. The number of aromatic nitrogens is 3. The second-order valence-corrected chi connectivity index (χ2v) is 4.52. The topological polar surface area (TPSA) is 77.0 Å². The summed E-state index contributed by atoms with van der Waals surface area (Å²) in [6, 6.07) is 12.6. The Hall–Kier alpha value is -2.73. The summed E-state index contributed by atoms with van der Waals surface area (Å²) in [7, 11) is 0. The molecule has 0 atom stereocenters. The number of nitrogens with two attached hydrogens (primary N) is 1. The van der Waals surface area contributed by atoms with Crippen LogP contribution in [0.4, 0.5) is 4.39 Å². The van der Waals surface area contributed by atoms with Gasteiger partial charge in [0.25, 0.3) is 0 Å². The van der Waals surface area contributed by atoms with Crippen LogP contribution in [-0.2, 0) is 6.54 Å². The van der Waals surface area contributed by atoms with Crippen molar-refractivity contribution < 1.29 is 9.50 Å². The number of rotatable bonds is 3. The second kappa shape index (κ2) is 5.34. The zero-order chi connectivity index (χ0) is 14.8. The largest absolute Gasteiger partial charge is 0.508 e. The molecule has 0 radical (unpaired) electrons. The number of phenolic OH excluding ortho intramolecular Hbond substituents is 1. The zero-order valence-electron chi connectivity index (χ0n) is 11.1. The molecule has 5 nitrogen and oxygen atoms in total. The first-order chi connectivity index (χ1) is 10.2. The van der Waals surface area contributed by atoms with E-state index in [-0.39, 0.29) is 18.1 Å². The number of phenols is 1. The standard InChI is InChI=1S/C15H13FN4O/c16-11-3-1-10(2-4-11)15-14(9-17)18-19-20(15)12-5-7-13(21)8-6-12/h1-8,21H,9,17H2. The number of aromatic hydroxyl groups is 1. The van der Waals surface area contributed by atoms with Crippen molar-refractivity contribution in [1.82, 2.24) is 15.0 Å². The molecule has 6 heteroatoms. The second-order valence-electron chi connectivity index (χ2n) is 4.52. The minimum atomic E-state index is -0.309. The molecule has 1 aromatic heterocycles. The Kier molecular flexibility index (Phi) is 3.37. The van der Waals surface area contributed by atoms with Gasteiger partial charge in [0.15, 0.2) is 0 Å². The summed E-state index contributed by atoms with van der Waals surface area (Å²) in [4.78, 5) is 0. The Morgan fingerprint density at radius 1 is 1.05 bits per heavy atom. The van der Waals surface area contributed by atoms with Gasteiger partial charge < -0.3 is 10.8 Å². The van der Waals surface area contributed by atoms with Gasteiger partial charge in [0.05, 0.1) is 11.4 Å². The van der Waals surface area contributed by atoms with Crippen LogP contribution >= 0.6 is 0 Å². The molecule has 3 aromatic rings. The smallest absolute Gasteiger partial charge is 0.123 e. The highest BCUT2D eigenvalue weighted by molar-refractivity contribution is 5.64. The first-order valence-electron chi connectivity index (χ1n) is 6.39. The highest BCUT2D eigenvalue weighted by Gasteiger charge is 2.15. The van der Waals surface area contributed by atoms with Gasteiger partial charge in [-0.15, -0.1) is 5.10 Å². The Bertz CT molecular complexity index is 750. The van der Waals surface area contributed by atoms with Crippen molar-refractivity contribution in [3.63, 3.8) is 0 Å². The summed E-state index contributed by atoms with van der Waals surface area (Å²) < 4.78 is 14.7. The van der Waals surface area contributed by atoms with Gasteiger partial charge in [-0.25, -0.2) is 9.07 Å². The third-order valence-electron chi connectivity index (χ3n) is 3.15. The fraction of sp³-hybridized carbons (Fsp3) is 0.0667. The summed E-state index contributed by atoms with van der Waals surface area (Å²) in [6.45, 7) is 0.227. The Labute approximate surface area is 120 Å². The van der Waals surface area contributed by atoms with Crippen LogP contribution in [0.1, 0.15) is 5.69 Å². The highest BCUT2D eigenvalue weighted by Crippen LogP contribution is 2.26. The molecule has 21 heavy (non-hydrogen) atoms. The molecule has 0 saturated heterocycles. The Morgan fingerprint density at radius 3 is 2.33 bits per heavy atom. The fourth-order valence-electron chi connectivity index (χ4n) is 2.12. The molecule has 0 spiro atoms. The van der Waals surface area contributed by atoms with E-state index in [0.29, 0.717) is 11.4 Å². The van der Waals surface area contributed by atoms with Gasteiger partial charge in [-0.1, -0.05) is 5.21 Å². The maximum absolute atomic E-state index is 13.1. The van der Waals surface area contributed by atoms with Gasteiger partial charge in [-0.2, -0.15) is 0 Å². The summed E-state index contributed by atoms with van der Waals surface area (Å²) >= 11 is 0. The molecule has 0 saturated carbocycles. The van der Waals surface area contributed by atoms with Gasteiger partial charge in [-0.3, -0.25) is 0 Å². The quantitative estimate of drug-likeness (QED) is 0.773. The predicted octanol–water partition coefficient (Wildman–Crippen LogP) is 2.24. The monoisotopic (exact) mass is 284 g/mol. The van der Waals surface area contributed by atoms with Crippen LogP contribution < -0.4 is 5.73 Å². The van der Waals surface area contributed by atoms with Gasteiger partial charge in [0, 0.05) is 12.1 Å². The van der Waals surface area contributed by atoms with E-state index in [9.17, 15) is 9.50 Å². The maximum Gasteiger partial charge on any atom is 0.123 e. The Morgan fingerprint density at radius 2 is 1.71 bits per heavy atom. The normalized spacial score (nSPS) is 10.8. The van der Waals surface area contributed by atoms with Crippen LogP contribution in [0, 0.1) is 5.82 Å². The number of halogens is 1. The van der Waals surface area contributed by atoms with E-state index in [1.165, 1.54) is 12.1 Å². The van der Waals surface area contributed by atoms with Crippen molar-refractivity contribution in [3.8, 4) is 22.7 Å². The zero-order valence-corrected chi connectivity index (χ0v) is 11.1. The molecule has 0 aliphatic carbocycles. The van der Waals surface area contributed by atoms with E-state index >= 15 is 0 Å². The average Bonchev–Trinajstić information content (AvgIpc) is 2.93. The molecule has 3 rings (SSSR count). The highest BCUT2D eigenvalue weighted by atomic mass is 19.1. The molecular formula is C15H13FN4O. The lowest BCUT2D eigenvalue weighted by atomic mass is 10.1. The fourth-order valence-corrected chi connectivity index (χ4v) is 2.12. The molecule has 0 bridgehead atoms. The molecule has 3 N–H and O–H groups in total. The number of hydrogen-bond acceptors (Lipinski definition) is 4. The molecule has 0 amide bonds. The van der Waals surface area contributed by atoms with Crippen LogP contribution in [0.15, 0.2) is 48.5 Å². The molecule has 2 aromatic carbocycles. The van der Waals surface area contributed by atoms with Crippen LogP contribution in [0.3, 0.4) is 0 Å². The molecule has 0 unspecified atom stereocenters. The van der Waals surface area contributed by atoms with E-state index in [1.807, 2.05) is 0 Å². The van der Waals surface area contributed by atoms with E-state index in [4.69, 9.17) is 5.73 Å². The minimum absolute atomic E-state index is 0.168. The van der Waals surface area contributed by atoms with Crippen LogP contribution in [0.2, 0.25) is 0 Å². The van der Waals surface area contributed by atoms with E-state index in [2.05, 4.69) is 10.3 Å². The molecule has 0 aliphatic rings. The van der Waals surface area contributed by atoms with Crippen molar-refractivity contribution in [2.24, 2.45) is 5.73 Å². The van der Waals surface area contributed by atoms with Crippen molar-refractivity contribution >= 4 is 0 Å². The molecular weight excluding hydrogens is 271 g/mol. The van der Waals surface area contributed by atoms with Crippen molar-refractivity contribution in [2.45, 2.75) is 6.54 Å².